The van der Waals surface area contributed by atoms with Crippen LogP contribution in [0, 0.1) is 6.92 Å². The molecule has 4 rings (SSSR count). The van der Waals surface area contributed by atoms with Gasteiger partial charge in [-0.05, 0) is 49.7 Å². The van der Waals surface area contributed by atoms with E-state index in [0.29, 0.717) is 66.8 Å². The fraction of sp³-hybridized carbons (Fsp3) is 0.360. The largest absolute Gasteiger partial charge is 0.478 e. The molecule has 0 fully saturated rings. The number of rotatable bonds is 8. The fourth-order valence-electron chi connectivity index (χ4n) is 3.64. The first-order chi connectivity index (χ1) is 16.0. The zero-order valence-corrected chi connectivity index (χ0v) is 19.0. The summed E-state index contributed by atoms with van der Waals surface area (Å²) in [5, 5.41) is 0.423. The van der Waals surface area contributed by atoms with Crippen LogP contribution >= 0.6 is 0 Å². The predicted octanol–water partition coefficient (Wildman–Crippen LogP) is 4.26. The number of methoxy groups -OCH3 is 1. The van der Waals surface area contributed by atoms with Crippen LogP contribution < -0.4 is 14.9 Å². The molecule has 3 aromatic rings. The van der Waals surface area contributed by atoms with Crippen molar-refractivity contribution in [3.8, 4) is 17.2 Å². The van der Waals surface area contributed by atoms with Gasteiger partial charge in [-0.25, -0.2) is 4.79 Å². The molecule has 0 unspecified atom stereocenters. The van der Waals surface area contributed by atoms with Crippen molar-refractivity contribution >= 4 is 16.9 Å². The monoisotopic (exact) mass is 453 g/mol. The van der Waals surface area contributed by atoms with Crippen molar-refractivity contribution in [3.05, 3.63) is 63.5 Å². The molecule has 0 saturated carbocycles. The number of ether oxygens (including phenoxy) is 4. The topological polar surface area (TPSA) is 87.4 Å². The summed E-state index contributed by atoms with van der Waals surface area (Å²) in [6.07, 6.45) is 0.754. The van der Waals surface area contributed by atoms with E-state index in [1.54, 1.807) is 50.4 Å². The standard InChI is InChI=1S/C25H27NO7/c1-4-12-30-25(28)17-5-7-18(8-6-17)33-23-16(2)32-24-19(22(23)27)9-10-21-20(24)14-26(15-31-21)11-13-29-3/h5-10H,4,11-15H2,1-3H3. The number of nitrogens with zero attached hydrogens (tertiary/aromatic N) is 1. The third-order valence-corrected chi connectivity index (χ3v) is 5.39. The molecule has 0 bridgehead atoms. The molecular weight excluding hydrogens is 426 g/mol. The lowest BCUT2D eigenvalue weighted by molar-refractivity contribution is 0.0505. The average Bonchev–Trinajstić information content (AvgIpc) is 2.84. The maximum Gasteiger partial charge on any atom is 0.338 e. The molecule has 174 valence electrons. The molecule has 1 aliphatic rings. The number of hydrogen-bond acceptors (Lipinski definition) is 8. The van der Waals surface area contributed by atoms with Crippen LogP contribution in [0.25, 0.3) is 11.0 Å². The molecule has 0 saturated heterocycles. The van der Waals surface area contributed by atoms with Gasteiger partial charge in [0.05, 0.1) is 29.7 Å². The lowest BCUT2D eigenvalue weighted by Gasteiger charge is -2.29. The summed E-state index contributed by atoms with van der Waals surface area (Å²) in [6.45, 7) is 6.33. The highest BCUT2D eigenvalue weighted by Gasteiger charge is 2.24. The van der Waals surface area contributed by atoms with E-state index in [4.69, 9.17) is 23.4 Å². The van der Waals surface area contributed by atoms with Gasteiger partial charge < -0.3 is 23.4 Å². The van der Waals surface area contributed by atoms with Gasteiger partial charge in [0.15, 0.2) is 0 Å². The third kappa shape index (κ3) is 4.86. The summed E-state index contributed by atoms with van der Waals surface area (Å²) in [4.78, 5) is 27.3. The second kappa shape index (κ2) is 10.1. The summed E-state index contributed by atoms with van der Waals surface area (Å²) in [5.74, 6) is 1.20. The number of aryl methyl sites for hydroxylation is 1. The molecule has 1 aliphatic heterocycles. The molecule has 0 atom stereocenters. The Bertz CT molecular complexity index is 1200. The Morgan fingerprint density at radius 2 is 1.91 bits per heavy atom. The highest BCUT2D eigenvalue weighted by Crippen LogP contribution is 2.34. The summed E-state index contributed by atoms with van der Waals surface area (Å²) in [6, 6.07) is 9.95. The Labute approximate surface area is 191 Å². The molecule has 1 aromatic heterocycles. The van der Waals surface area contributed by atoms with Crippen LogP contribution in [-0.2, 0) is 16.0 Å². The average molecular weight is 453 g/mol. The van der Waals surface area contributed by atoms with Gasteiger partial charge in [-0.15, -0.1) is 0 Å². The summed E-state index contributed by atoms with van der Waals surface area (Å²) in [5.41, 5.74) is 1.48. The number of hydrogen-bond donors (Lipinski definition) is 0. The number of benzene rings is 2. The lowest BCUT2D eigenvalue weighted by atomic mass is 10.1. The maximum absolute atomic E-state index is 13.3. The van der Waals surface area contributed by atoms with Crippen LogP contribution in [0.1, 0.15) is 35.0 Å². The molecule has 8 heteroatoms. The van der Waals surface area contributed by atoms with Crippen molar-refractivity contribution in [3.63, 3.8) is 0 Å². The molecule has 0 spiro atoms. The molecule has 2 heterocycles. The van der Waals surface area contributed by atoms with E-state index in [1.165, 1.54) is 0 Å². The molecule has 0 radical (unpaired) electrons. The van der Waals surface area contributed by atoms with Gasteiger partial charge in [0.2, 0.25) is 11.2 Å². The van der Waals surface area contributed by atoms with Crippen LogP contribution in [0.2, 0.25) is 0 Å². The van der Waals surface area contributed by atoms with E-state index in [0.717, 1.165) is 12.0 Å². The minimum absolute atomic E-state index is 0.108. The van der Waals surface area contributed by atoms with E-state index in [2.05, 4.69) is 4.90 Å². The van der Waals surface area contributed by atoms with Crippen molar-refractivity contribution in [1.29, 1.82) is 0 Å². The lowest BCUT2D eigenvalue weighted by Crippen LogP contribution is -2.34. The maximum atomic E-state index is 13.3. The Morgan fingerprint density at radius 3 is 2.64 bits per heavy atom. The number of carbonyl (C=O) groups excluding carboxylic acids is 1. The van der Waals surface area contributed by atoms with E-state index >= 15 is 0 Å². The zero-order chi connectivity index (χ0) is 23.4. The highest BCUT2D eigenvalue weighted by molar-refractivity contribution is 5.89. The van der Waals surface area contributed by atoms with E-state index in [1.807, 2.05) is 6.92 Å². The SMILES string of the molecule is CCCOC(=O)c1ccc(Oc2c(C)oc3c4c(ccc3c2=O)OCN(CCOC)C4)cc1. The smallest absolute Gasteiger partial charge is 0.338 e. The predicted molar refractivity (Wildman–Crippen MR) is 122 cm³/mol. The Hall–Kier alpha value is -3.36. The molecule has 33 heavy (non-hydrogen) atoms. The van der Waals surface area contributed by atoms with Gasteiger partial charge in [-0.2, -0.15) is 0 Å². The van der Waals surface area contributed by atoms with Crippen LogP contribution in [0.5, 0.6) is 17.2 Å². The molecule has 8 nitrogen and oxygen atoms in total. The zero-order valence-electron chi connectivity index (χ0n) is 19.0. The second-order valence-electron chi connectivity index (χ2n) is 7.82. The van der Waals surface area contributed by atoms with Gasteiger partial charge in [0.1, 0.15) is 29.6 Å². The van der Waals surface area contributed by atoms with E-state index in [-0.39, 0.29) is 11.2 Å². The molecule has 0 aliphatic carbocycles. The quantitative estimate of drug-likeness (QED) is 0.468. The van der Waals surface area contributed by atoms with Gasteiger partial charge in [-0.3, -0.25) is 9.69 Å². The van der Waals surface area contributed by atoms with Crippen LogP contribution in [-0.4, -0.2) is 44.5 Å². The van der Waals surface area contributed by atoms with Gasteiger partial charge >= 0.3 is 5.97 Å². The van der Waals surface area contributed by atoms with Crippen molar-refractivity contribution < 1.29 is 28.2 Å². The number of carbonyl (C=O) groups is 1. The first-order valence-electron chi connectivity index (χ1n) is 10.9. The normalized spacial score (nSPS) is 13.4. The van der Waals surface area contributed by atoms with Gasteiger partial charge in [0.25, 0.3) is 0 Å². The van der Waals surface area contributed by atoms with Gasteiger partial charge in [0, 0.05) is 20.2 Å². The van der Waals surface area contributed by atoms with Crippen molar-refractivity contribution in [2.24, 2.45) is 0 Å². The number of esters is 1. The first kappa shape index (κ1) is 22.8. The summed E-state index contributed by atoms with van der Waals surface area (Å²) >= 11 is 0. The molecule has 0 amide bonds. The van der Waals surface area contributed by atoms with Crippen molar-refractivity contribution in [1.82, 2.24) is 4.90 Å². The van der Waals surface area contributed by atoms with Crippen molar-refractivity contribution in [2.45, 2.75) is 26.8 Å². The van der Waals surface area contributed by atoms with Crippen molar-refractivity contribution in [2.75, 3.05) is 33.6 Å². The third-order valence-electron chi connectivity index (χ3n) is 5.39. The summed E-state index contributed by atoms with van der Waals surface area (Å²) in [7, 11) is 1.66. The summed E-state index contributed by atoms with van der Waals surface area (Å²) < 4.78 is 28.1. The fourth-order valence-corrected chi connectivity index (χ4v) is 3.64. The minimum Gasteiger partial charge on any atom is -0.478 e. The second-order valence-corrected chi connectivity index (χ2v) is 7.82. The number of fused-ring (bicyclic) bond motifs is 3. The Balaban J connectivity index is 1.61. The van der Waals surface area contributed by atoms with E-state index in [9.17, 15) is 9.59 Å². The highest BCUT2D eigenvalue weighted by atomic mass is 16.5. The molecule has 0 N–H and O–H groups in total. The molecular formula is C25H27NO7. The molecule has 2 aromatic carbocycles. The Kier molecular flexibility index (Phi) is 6.96. The van der Waals surface area contributed by atoms with Crippen LogP contribution in [0.15, 0.2) is 45.6 Å². The van der Waals surface area contributed by atoms with Crippen LogP contribution in [0.3, 0.4) is 0 Å². The van der Waals surface area contributed by atoms with Gasteiger partial charge in [-0.1, -0.05) is 6.92 Å². The van der Waals surface area contributed by atoms with Crippen LogP contribution in [0.4, 0.5) is 0 Å². The first-order valence-corrected chi connectivity index (χ1v) is 10.9. The minimum atomic E-state index is -0.392. The van der Waals surface area contributed by atoms with E-state index < -0.39 is 5.97 Å². The Morgan fingerprint density at radius 1 is 1.12 bits per heavy atom.